The first-order valence-electron chi connectivity index (χ1n) is 10.7. The van der Waals surface area contributed by atoms with Crippen LogP contribution in [-0.4, -0.2) is 51.0 Å². The fraction of sp³-hybridized carbons (Fsp3) is 0.409. The summed E-state index contributed by atoms with van der Waals surface area (Å²) >= 11 is 6.99. The van der Waals surface area contributed by atoms with Gasteiger partial charge in [0.05, 0.1) is 24.4 Å². The highest BCUT2D eigenvalue weighted by atomic mass is 35.5. The summed E-state index contributed by atoms with van der Waals surface area (Å²) in [6.07, 6.45) is 6.09. The lowest BCUT2D eigenvalue weighted by molar-refractivity contribution is 0.102. The average molecular weight is 508 g/mol. The van der Waals surface area contributed by atoms with Gasteiger partial charge in [-0.15, -0.1) is 5.10 Å². The fourth-order valence-corrected chi connectivity index (χ4v) is 4.65. The van der Waals surface area contributed by atoms with Crippen LogP contribution in [0, 0.1) is 18.7 Å². The zero-order valence-electron chi connectivity index (χ0n) is 18.5. The quantitative estimate of drug-likeness (QED) is 0.454. The highest BCUT2D eigenvalue weighted by Crippen LogP contribution is 2.37. The van der Waals surface area contributed by atoms with Crippen molar-refractivity contribution < 1.29 is 23.8 Å². The second-order valence-corrected chi connectivity index (χ2v) is 9.25. The molecule has 1 saturated carbocycles. The number of ether oxygens (including phenoxy) is 2. The van der Waals surface area contributed by atoms with Gasteiger partial charge in [-0.2, -0.15) is 0 Å². The predicted octanol–water partition coefficient (Wildman–Crippen LogP) is 4.29. The number of aliphatic hydroxyl groups is 1. The molecule has 0 unspecified atom stereocenters. The minimum absolute atomic E-state index is 0.000851. The number of aryl methyl sites for hydroxylation is 1. The molecule has 1 aliphatic carbocycles. The van der Waals surface area contributed by atoms with Gasteiger partial charge in [-0.3, -0.25) is 15.1 Å². The first kappa shape index (κ1) is 24.2. The Morgan fingerprint density at radius 2 is 2.03 bits per heavy atom. The molecule has 2 N–H and O–H groups in total. The van der Waals surface area contributed by atoms with Crippen LogP contribution in [0.25, 0.3) is 11.1 Å². The molecule has 34 heavy (non-hydrogen) atoms. The standard InChI is InChI=1S/C22H23ClFN5O4S/c1-11-7-14(17-16(32-2)9-26-19(23)18(17)24)15(8-25-11)20(31)27-21-28-29-22(34-21)33-13-5-3-12(10-30)4-6-13/h7-9,12-13,30H,3-6,10H2,1-2H3,(H,27,28,31). The van der Waals surface area contributed by atoms with E-state index >= 15 is 0 Å². The molecular weight excluding hydrogens is 485 g/mol. The second kappa shape index (κ2) is 10.6. The number of hydrogen-bond acceptors (Lipinski definition) is 9. The van der Waals surface area contributed by atoms with Crippen molar-refractivity contribution in [3.8, 4) is 22.1 Å². The number of hydrogen-bond donors (Lipinski definition) is 2. The molecule has 4 rings (SSSR count). The molecule has 3 heterocycles. The number of nitrogens with zero attached hydrogens (tertiary/aromatic N) is 4. The number of anilines is 1. The lowest BCUT2D eigenvalue weighted by atomic mass is 9.88. The van der Waals surface area contributed by atoms with Crippen LogP contribution in [-0.2, 0) is 0 Å². The van der Waals surface area contributed by atoms with Crippen molar-refractivity contribution >= 4 is 34.0 Å². The van der Waals surface area contributed by atoms with Gasteiger partial charge in [0.25, 0.3) is 11.1 Å². The topological polar surface area (TPSA) is 119 Å². The summed E-state index contributed by atoms with van der Waals surface area (Å²) in [6, 6.07) is 1.57. The number of halogens is 2. The van der Waals surface area contributed by atoms with Crippen LogP contribution in [0.15, 0.2) is 18.5 Å². The van der Waals surface area contributed by atoms with Crippen LogP contribution in [0.4, 0.5) is 9.52 Å². The molecule has 0 aromatic carbocycles. The lowest BCUT2D eigenvalue weighted by Crippen LogP contribution is -2.25. The minimum Gasteiger partial charge on any atom is -0.494 e. The van der Waals surface area contributed by atoms with E-state index in [4.69, 9.17) is 21.1 Å². The van der Waals surface area contributed by atoms with Crippen molar-refractivity contribution in [1.29, 1.82) is 0 Å². The van der Waals surface area contributed by atoms with Gasteiger partial charge in [0.15, 0.2) is 11.0 Å². The molecule has 0 radical (unpaired) electrons. The van der Waals surface area contributed by atoms with Gasteiger partial charge < -0.3 is 14.6 Å². The number of amides is 1. The Bertz CT molecular complexity index is 1190. The summed E-state index contributed by atoms with van der Waals surface area (Å²) in [4.78, 5) is 21.0. The molecule has 9 nitrogen and oxygen atoms in total. The van der Waals surface area contributed by atoms with E-state index in [-0.39, 0.29) is 45.4 Å². The van der Waals surface area contributed by atoms with Crippen molar-refractivity contribution in [2.24, 2.45) is 5.92 Å². The number of aliphatic hydroxyl groups excluding tert-OH is 1. The molecule has 3 aromatic heterocycles. The van der Waals surface area contributed by atoms with Gasteiger partial charge in [-0.1, -0.05) is 16.7 Å². The van der Waals surface area contributed by atoms with Crippen molar-refractivity contribution in [3.05, 3.63) is 40.7 Å². The third kappa shape index (κ3) is 5.26. The molecule has 0 spiro atoms. The number of aromatic nitrogens is 4. The molecule has 3 aromatic rings. The Morgan fingerprint density at radius 1 is 1.26 bits per heavy atom. The number of carbonyl (C=O) groups excluding carboxylic acids is 1. The number of methoxy groups -OCH3 is 1. The predicted molar refractivity (Wildman–Crippen MR) is 125 cm³/mol. The number of nitrogens with one attached hydrogen (secondary N) is 1. The summed E-state index contributed by atoms with van der Waals surface area (Å²) in [6.45, 7) is 1.92. The Labute approximate surface area is 204 Å². The first-order valence-corrected chi connectivity index (χ1v) is 11.9. The summed E-state index contributed by atoms with van der Waals surface area (Å²) in [5.41, 5.74) is 0.941. The Morgan fingerprint density at radius 3 is 2.74 bits per heavy atom. The third-order valence-corrected chi connectivity index (χ3v) is 6.66. The molecule has 180 valence electrons. The first-order chi connectivity index (χ1) is 16.4. The molecule has 1 amide bonds. The van der Waals surface area contributed by atoms with E-state index < -0.39 is 11.7 Å². The monoisotopic (exact) mass is 507 g/mol. The van der Waals surface area contributed by atoms with Crippen molar-refractivity contribution in [2.75, 3.05) is 19.0 Å². The van der Waals surface area contributed by atoms with Crippen LogP contribution in [0.5, 0.6) is 10.9 Å². The maximum Gasteiger partial charge on any atom is 0.296 e. The largest absolute Gasteiger partial charge is 0.494 e. The number of carbonyl (C=O) groups is 1. The lowest BCUT2D eigenvalue weighted by Gasteiger charge is -2.26. The minimum atomic E-state index is -0.803. The van der Waals surface area contributed by atoms with E-state index in [9.17, 15) is 14.3 Å². The van der Waals surface area contributed by atoms with Gasteiger partial charge >= 0.3 is 0 Å². The normalized spacial score (nSPS) is 17.9. The van der Waals surface area contributed by atoms with E-state index in [0.717, 1.165) is 37.0 Å². The van der Waals surface area contributed by atoms with E-state index in [1.165, 1.54) is 19.5 Å². The molecule has 0 aliphatic heterocycles. The van der Waals surface area contributed by atoms with Crippen LogP contribution < -0.4 is 14.8 Å². The number of pyridine rings is 2. The van der Waals surface area contributed by atoms with Crippen LogP contribution >= 0.6 is 22.9 Å². The zero-order chi connectivity index (χ0) is 24.2. The van der Waals surface area contributed by atoms with Crippen LogP contribution in [0.3, 0.4) is 0 Å². The van der Waals surface area contributed by atoms with Crippen LogP contribution in [0.2, 0.25) is 5.15 Å². The highest BCUT2D eigenvalue weighted by molar-refractivity contribution is 7.17. The Kier molecular flexibility index (Phi) is 7.54. The van der Waals surface area contributed by atoms with E-state index in [1.807, 2.05) is 0 Å². The molecule has 12 heteroatoms. The molecule has 1 aliphatic rings. The van der Waals surface area contributed by atoms with E-state index in [0.29, 0.717) is 16.8 Å². The third-order valence-electron chi connectivity index (χ3n) is 5.66. The van der Waals surface area contributed by atoms with Crippen molar-refractivity contribution in [3.63, 3.8) is 0 Å². The van der Waals surface area contributed by atoms with Crippen molar-refractivity contribution in [1.82, 2.24) is 20.2 Å². The fourth-order valence-electron chi connectivity index (χ4n) is 3.85. The van der Waals surface area contributed by atoms with E-state index in [1.54, 1.807) is 13.0 Å². The molecule has 0 bridgehead atoms. The Hall–Kier alpha value is -2.89. The van der Waals surface area contributed by atoms with Gasteiger partial charge in [0.1, 0.15) is 11.9 Å². The van der Waals surface area contributed by atoms with Gasteiger partial charge in [0.2, 0.25) is 5.13 Å². The highest BCUT2D eigenvalue weighted by Gasteiger charge is 2.25. The summed E-state index contributed by atoms with van der Waals surface area (Å²) < 4.78 is 26.1. The SMILES string of the molecule is COc1cnc(Cl)c(F)c1-c1cc(C)ncc1C(=O)Nc1nnc(OC2CCC(CO)CC2)s1. The van der Waals surface area contributed by atoms with Gasteiger partial charge in [-0.05, 0) is 55.9 Å². The summed E-state index contributed by atoms with van der Waals surface area (Å²) in [5.74, 6) is -0.907. The molecular formula is C22H23ClFN5O4S. The van der Waals surface area contributed by atoms with Gasteiger partial charge in [-0.25, -0.2) is 9.37 Å². The maximum atomic E-state index is 14.9. The van der Waals surface area contributed by atoms with E-state index in [2.05, 4.69) is 25.5 Å². The Balaban J connectivity index is 1.54. The zero-order valence-corrected chi connectivity index (χ0v) is 20.1. The van der Waals surface area contributed by atoms with Gasteiger partial charge in [0, 0.05) is 24.1 Å². The molecule has 1 fully saturated rings. The smallest absolute Gasteiger partial charge is 0.296 e. The number of rotatable bonds is 7. The molecule has 0 atom stereocenters. The van der Waals surface area contributed by atoms with Crippen molar-refractivity contribution in [2.45, 2.75) is 38.7 Å². The summed E-state index contributed by atoms with van der Waals surface area (Å²) in [7, 11) is 1.38. The van der Waals surface area contributed by atoms with Crippen LogP contribution in [0.1, 0.15) is 41.7 Å². The molecule has 0 saturated heterocycles. The summed E-state index contributed by atoms with van der Waals surface area (Å²) in [5, 5.41) is 20.2. The maximum absolute atomic E-state index is 14.9. The second-order valence-electron chi connectivity index (χ2n) is 7.95. The average Bonchev–Trinajstić information content (AvgIpc) is 3.27.